The molecular formula is C19H16BrClF3N3O2. The monoisotopic (exact) mass is 489 g/mol. The van der Waals surface area contributed by atoms with Crippen molar-refractivity contribution in [3.63, 3.8) is 0 Å². The molecule has 1 N–H and O–H groups in total. The molecule has 154 valence electrons. The highest BCUT2D eigenvalue weighted by Crippen LogP contribution is 2.27. The van der Waals surface area contributed by atoms with E-state index in [0.29, 0.717) is 16.9 Å². The second-order valence-corrected chi connectivity index (χ2v) is 7.77. The van der Waals surface area contributed by atoms with Crippen molar-refractivity contribution in [3.05, 3.63) is 69.2 Å². The van der Waals surface area contributed by atoms with Crippen LogP contribution in [0.2, 0.25) is 5.02 Å². The number of halogens is 5. The Kier molecular flexibility index (Phi) is 6.50. The van der Waals surface area contributed by atoms with Crippen LogP contribution in [0.15, 0.2) is 58.1 Å². The lowest BCUT2D eigenvalue weighted by atomic mass is 10.1. The standard InChI is InChI=1S/C19H16BrClF3N3O2/c20-14-3-1-2-12(8-14)9-27-17(11-28)26(10-16(29)19(22,23)24)18(25-27)13-4-6-15(21)7-5-13/h1-8,11,16-17,29H,9-10H2/t16-,17?/m0/s1. The van der Waals surface area contributed by atoms with E-state index in [-0.39, 0.29) is 12.4 Å². The van der Waals surface area contributed by atoms with Crippen molar-refractivity contribution in [2.24, 2.45) is 5.10 Å². The fraction of sp³-hybridized carbons (Fsp3) is 0.263. The number of aliphatic hydroxyl groups excluding tert-OH is 1. The average molecular weight is 491 g/mol. The molecule has 1 unspecified atom stereocenters. The molecule has 0 bridgehead atoms. The number of aldehydes is 1. The molecule has 2 aromatic carbocycles. The summed E-state index contributed by atoms with van der Waals surface area (Å²) >= 11 is 9.25. The normalized spacial score (nSPS) is 18.0. The van der Waals surface area contributed by atoms with E-state index >= 15 is 0 Å². The number of hydrogen-bond acceptors (Lipinski definition) is 5. The number of alkyl halides is 3. The molecule has 1 aliphatic rings. The summed E-state index contributed by atoms with van der Waals surface area (Å²) in [5.41, 5.74) is 1.29. The summed E-state index contributed by atoms with van der Waals surface area (Å²) in [5, 5.41) is 15.8. The van der Waals surface area contributed by atoms with Gasteiger partial charge in [-0.15, -0.1) is 0 Å². The molecule has 2 atom stereocenters. The van der Waals surface area contributed by atoms with Gasteiger partial charge in [-0.3, -0.25) is 9.80 Å². The second kappa shape index (κ2) is 8.73. The summed E-state index contributed by atoms with van der Waals surface area (Å²) < 4.78 is 39.7. The Morgan fingerprint density at radius 3 is 2.52 bits per heavy atom. The van der Waals surface area contributed by atoms with Crippen molar-refractivity contribution >= 4 is 39.7 Å². The van der Waals surface area contributed by atoms with Crippen molar-refractivity contribution in [3.8, 4) is 0 Å². The third kappa shape index (κ3) is 5.09. The second-order valence-electron chi connectivity index (χ2n) is 6.42. The van der Waals surface area contributed by atoms with Gasteiger partial charge in [0, 0.05) is 15.1 Å². The molecule has 0 saturated carbocycles. The number of hydrazone groups is 1. The zero-order valence-corrected chi connectivity index (χ0v) is 17.2. The molecule has 5 nitrogen and oxygen atoms in total. The molecule has 10 heteroatoms. The van der Waals surface area contributed by atoms with Crippen LogP contribution in [0, 0.1) is 0 Å². The molecule has 0 radical (unpaired) electrons. The molecule has 0 saturated heterocycles. The third-order valence-electron chi connectivity index (χ3n) is 4.33. The van der Waals surface area contributed by atoms with Crippen molar-refractivity contribution in [1.82, 2.24) is 9.91 Å². The highest BCUT2D eigenvalue weighted by molar-refractivity contribution is 9.10. The first-order valence-corrected chi connectivity index (χ1v) is 9.68. The van der Waals surface area contributed by atoms with Gasteiger partial charge in [0.05, 0.1) is 13.1 Å². The Morgan fingerprint density at radius 1 is 1.24 bits per heavy atom. The maximum absolute atomic E-state index is 13.0. The van der Waals surface area contributed by atoms with Crippen LogP contribution < -0.4 is 0 Å². The number of carbonyl (C=O) groups is 1. The maximum Gasteiger partial charge on any atom is 0.416 e. The first-order valence-electron chi connectivity index (χ1n) is 8.51. The zero-order valence-electron chi connectivity index (χ0n) is 14.9. The van der Waals surface area contributed by atoms with Crippen LogP contribution in [0.4, 0.5) is 13.2 Å². The van der Waals surface area contributed by atoms with Crippen molar-refractivity contribution in [1.29, 1.82) is 0 Å². The van der Waals surface area contributed by atoms with Crippen LogP contribution >= 0.6 is 27.5 Å². The SMILES string of the molecule is O=CC1N(Cc2cccc(Br)c2)N=C(c2ccc(Cl)cc2)N1C[C@H](O)C(F)(F)F. The molecule has 0 fully saturated rings. The van der Waals surface area contributed by atoms with Gasteiger partial charge in [0.15, 0.2) is 24.4 Å². The number of aliphatic hydroxyl groups is 1. The van der Waals surface area contributed by atoms with Gasteiger partial charge >= 0.3 is 6.18 Å². The van der Waals surface area contributed by atoms with E-state index in [2.05, 4.69) is 21.0 Å². The van der Waals surface area contributed by atoms with Crippen LogP contribution in [0.5, 0.6) is 0 Å². The van der Waals surface area contributed by atoms with Crippen LogP contribution in [0.1, 0.15) is 11.1 Å². The predicted octanol–water partition coefficient (Wildman–Crippen LogP) is 4.03. The molecule has 29 heavy (non-hydrogen) atoms. The molecule has 2 aromatic rings. The van der Waals surface area contributed by atoms with Crippen molar-refractivity contribution in [2.45, 2.75) is 25.0 Å². The van der Waals surface area contributed by atoms with Gasteiger partial charge in [-0.2, -0.15) is 18.3 Å². The maximum atomic E-state index is 13.0. The minimum absolute atomic E-state index is 0.150. The van der Waals surface area contributed by atoms with Crippen LogP contribution in [-0.2, 0) is 11.3 Å². The Labute approximate surface area is 178 Å². The van der Waals surface area contributed by atoms with Gasteiger partial charge in [0.25, 0.3) is 0 Å². The van der Waals surface area contributed by atoms with E-state index in [1.54, 1.807) is 30.3 Å². The van der Waals surface area contributed by atoms with Gasteiger partial charge in [0.1, 0.15) is 0 Å². The van der Waals surface area contributed by atoms with Crippen LogP contribution in [-0.4, -0.2) is 52.1 Å². The topological polar surface area (TPSA) is 56.1 Å². The van der Waals surface area contributed by atoms with E-state index in [9.17, 15) is 23.1 Å². The molecule has 0 aliphatic carbocycles. The van der Waals surface area contributed by atoms with E-state index in [0.717, 1.165) is 14.9 Å². The van der Waals surface area contributed by atoms with Crippen LogP contribution in [0.3, 0.4) is 0 Å². The Balaban J connectivity index is 1.96. The number of amidine groups is 1. The number of rotatable bonds is 6. The molecular weight excluding hydrogens is 475 g/mol. The third-order valence-corrected chi connectivity index (χ3v) is 5.07. The summed E-state index contributed by atoms with van der Waals surface area (Å²) in [5.74, 6) is 0.150. The quantitative estimate of drug-likeness (QED) is 0.621. The summed E-state index contributed by atoms with van der Waals surface area (Å²) in [6.45, 7) is -0.637. The number of carbonyl (C=O) groups excluding carboxylic acids is 1. The van der Waals surface area contributed by atoms with Gasteiger partial charge in [-0.1, -0.05) is 39.7 Å². The molecule has 3 rings (SSSR count). The van der Waals surface area contributed by atoms with Crippen molar-refractivity contribution < 1.29 is 23.1 Å². The fourth-order valence-corrected chi connectivity index (χ4v) is 3.50. The van der Waals surface area contributed by atoms with Gasteiger partial charge in [-0.05, 0) is 42.0 Å². The van der Waals surface area contributed by atoms with E-state index < -0.39 is 25.0 Å². The average Bonchev–Trinajstić information content (AvgIpc) is 2.98. The molecule has 0 aromatic heterocycles. The lowest BCUT2D eigenvalue weighted by Gasteiger charge is -2.30. The summed E-state index contributed by atoms with van der Waals surface area (Å²) in [6, 6.07) is 13.6. The Bertz CT molecular complexity index is 908. The summed E-state index contributed by atoms with van der Waals surface area (Å²) in [7, 11) is 0. The molecule has 0 spiro atoms. The number of nitrogens with zero attached hydrogens (tertiary/aromatic N) is 3. The first-order chi connectivity index (χ1) is 13.7. The molecule has 0 amide bonds. The zero-order chi connectivity index (χ0) is 21.2. The highest BCUT2D eigenvalue weighted by Gasteiger charge is 2.43. The van der Waals surface area contributed by atoms with Crippen molar-refractivity contribution in [2.75, 3.05) is 6.54 Å². The minimum atomic E-state index is -4.82. The highest BCUT2D eigenvalue weighted by atomic mass is 79.9. The minimum Gasteiger partial charge on any atom is -0.382 e. The Morgan fingerprint density at radius 2 is 1.93 bits per heavy atom. The van der Waals surface area contributed by atoms with Gasteiger partial charge < -0.3 is 10.0 Å². The molecule has 1 heterocycles. The predicted molar refractivity (Wildman–Crippen MR) is 106 cm³/mol. The van der Waals surface area contributed by atoms with Gasteiger partial charge in [0.2, 0.25) is 0 Å². The van der Waals surface area contributed by atoms with E-state index in [1.807, 2.05) is 18.2 Å². The largest absolute Gasteiger partial charge is 0.416 e. The van der Waals surface area contributed by atoms with E-state index in [1.165, 1.54) is 5.01 Å². The number of β-amino-alcohol motifs (C(OH)–C–C–N with tert-alkyl or cyclic N) is 1. The number of benzene rings is 2. The lowest BCUT2D eigenvalue weighted by molar-refractivity contribution is -0.207. The first kappa shape index (κ1) is 21.6. The Hall–Kier alpha value is -2.10. The number of hydrogen-bond donors (Lipinski definition) is 1. The van der Waals surface area contributed by atoms with E-state index in [4.69, 9.17) is 11.6 Å². The van der Waals surface area contributed by atoms with Gasteiger partial charge in [-0.25, -0.2) is 0 Å². The summed E-state index contributed by atoms with van der Waals surface area (Å²) in [4.78, 5) is 12.9. The van der Waals surface area contributed by atoms with Crippen LogP contribution in [0.25, 0.3) is 0 Å². The smallest absolute Gasteiger partial charge is 0.382 e. The molecule has 1 aliphatic heterocycles. The lowest BCUT2D eigenvalue weighted by Crippen LogP contribution is -2.49. The fourth-order valence-electron chi connectivity index (χ4n) is 2.93. The summed E-state index contributed by atoms with van der Waals surface area (Å²) in [6.07, 6.45) is -8.05.